The van der Waals surface area contributed by atoms with E-state index in [4.69, 9.17) is 9.47 Å². The average molecular weight is 528 g/mol. The van der Waals surface area contributed by atoms with E-state index in [1.54, 1.807) is 20.8 Å². The van der Waals surface area contributed by atoms with Crippen LogP contribution in [0.3, 0.4) is 0 Å². The highest BCUT2D eigenvalue weighted by Crippen LogP contribution is 2.38. The molecule has 0 unspecified atom stereocenters. The Morgan fingerprint density at radius 3 is 2.39 bits per heavy atom. The molecule has 1 aliphatic rings. The molecule has 0 bridgehead atoms. The fourth-order valence-electron chi connectivity index (χ4n) is 4.24. The number of nitrogens with zero attached hydrogens (tertiary/aromatic N) is 1. The minimum atomic E-state index is -1.16. The molecule has 0 aliphatic heterocycles. The Labute approximate surface area is 218 Å². The summed E-state index contributed by atoms with van der Waals surface area (Å²) >= 11 is 0. The van der Waals surface area contributed by atoms with Crippen molar-refractivity contribution < 1.29 is 32.2 Å². The summed E-state index contributed by atoms with van der Waals surface area (Å²) in [5, 5.41) is 0. The number of pyridine rings is 1. The van der Waals surface area contributed by atoms with Gasteiger partial charge in [0.1, 0.15) is 17.2 Å². The highest BCUT2D eigenvalue weighted by molar-refractivity contribution is 5.91. The minimum absolute atomic E-state index is 0.0387. The van der Waals surface area contributed by atoms with Crippen molar-refractivity contribution in [3.05, 3.63) is 93.2 Å². The lowest BCUT2D eigenvalue weighted by Gasteiger charge is -2.29. The highest BCUT2D eigenvalue weighted by atomic mass is 19.2. The van der Waals surface area contributed by atoms with Gasteiger partial charge in [-0.25, -0.2) is 18.0 Å². The van der Waals surface area contributed by atoms with Gasteiger partial charge in [-0.3, -0.25) is 14.2 Å². The van der Waals surface area contributed by atoms with E-state index in [0.29, 0.717) is 11.3 Å². The molecule has 3 aromatic rings. The van der Waals surface area contributed by atoms with E-state index in [-0.39, 0.29) is 35.8 Å². The quantitative estimate of drug-likeness (QED) is 0.352. The van der Waals surface area contributed by atoms with Crippen molar-refractivity contribution in [3.8, 4) is 11.4 Å². The summed E-state index contributed by atoms with van der Waals surface area (Å²) < 4.78 is 54.7. The van der Waals surface area contributed by atoms with Crippen LogP contribution in [0, 0.1) is 17.5 Å². The van der Waals surface area contributed by atoms with Gasteiger partial charge in [0.05, 0.1) is 11.3 Å². The highest BCUT2D eigenvalue weighted by Gasteiger charge is 2.27. The van der Waals surface area contributed by atoms with Gasteiger partial charge in [0, 0.05) is 24.2 Å². The predicted molar refractivity (Wildman–Crippen MR) is 134 cm³/mol. The first kappa shape index (κ1) is 27.2. The Morgan fingerprint density at radius 1 is 1.00 bits per heavy atom. The number of esters is 2. The molecule has 0 radical (unpaired) electrons. The van der Waals surface area contributed by atoms with Crippen molar-refractivity contribution in [1.82, 2.24) is 4.57 Å². The second-order valence-corrected chi connectivity index (χ2v) is 10.3. The number of benzene rings is 2. The summed E-state index contributed by atoms with van der Waals surface area (Å²) in [4.78, 5) is 37.9. The molecule has 1 aromatic heterocycles. The van der Waals surface area contributed by atoms with Crippen LogP contribution in [0.15, 0.2) is 53.3 Å². The summed E-state index contributed by atoms with van der Waals surface area (Å²) in [6.07, 6.45) is 2.60. The molecule has 38 heavy (non-hydrogen) atoms. The van der Waals surface area contributed by atoms with Gasteiger partial charge in [-0.15, -0.1) is 0 Å². The fourth-order valence-corrected chi connectivity index (χ4v) is 4.24. The maximum absolute atomic E-state index is 14.5. The molecule has 9 heteroatoms. The molecule has 0 atom stereocenters. The third kappa shape index (κ3) is 6.15. The normalized spacial score (nSPS) is 13.6. The van der Waals surface area contributed by atoms with Crippen molar-refractivity contribution in [2.24, 2.45) is 0 Å². The van der Waals surface area contributed by atoms with Crippen molar-refractivity contribution >= 4 is 11.9 Å². The van der Waals surface area contributed by atoms with Crippen LogP contribution in [0.25, 0.3) is 5.69 Å². The first-order valence-corrected chi connectivity index (χ1v) is 12.4. The van der Waals surface area contributed by atoms with Gasteiger partial charge in [-0.2, -0.15) is 0 Å². The molecule has 0 amide bonds. The number of carbonyl (C=O) groups is 2. The zero-order valence-corrected chi connectivity index (χ0v) is 21.4. The molecule has 2 aromatic carbocycles. The smallest absolute Gasteiger partial charge is 0.346 e. The Bertz CT molecular complexity index is 1440. The minimum Gasteiger partial charge on any atom is -0.460 e. The molecule has 4 rings (SSSR count). The molecule has 1 heterocycles. The van der Waals surface area contributed by atoms with Gasteiger partial charge in [0.2, 0.25) is 0 Å². The molecule has 0 spiro atoms. The maximum atomic E-state index is 14.5. The Balaban J connectivity index is 1.59. The zero-order valence-electron chi connectivity index (χ0n) is 21.4. The molecule has 200 valence electrons. The number of hydrogen-bond donors (Lipinski definition) is 0. The van der Waals surface area contributed by atoms with Gasteiger partial charge < -0.3 is 9.47 Å². The lowest BCUT2D eigenvalue weighted by atomic mass is 9.82. The van der Waals surface area contributed by atoms with Crippen molar-refractivity contribution in [1.29, 1.82) is 0 Å². The van der Waals surface area contributed by atoms with E-state index in [1.807, 2.05) is 0 Å². The number of hydrogen-bond acceptors (Lipinski definition) is 5. The zero-order chi connectivity index (χ0) is 27.6. The van der Waals surface area contributed by atoms with Crippen LogP contribution in [0.4, 0.5) is 13.2 Å². The third-order valence-corrected chi connectivity index (χ3v) is 6.23. The molecular formula is C29H28F3NO5. The van der Waals surface area contributed by atoms with Crippen LogP contribution in [0.5, 0.6) is 5.75 Å². The van der Waals surface area contributed by atoms with Crippen LogP contribution in [0.1, 0.15) is 74.0 Å². The number of rotatable bonds is 7. The van der Waals surface area contributed by atoms with Crippen molar-refractivity contribution in [2.45, 2.75) is 64.4 Å². The Morgan fingerprint density at radius 2 is 1.74 bits per heavy atom. The molecule has 0 saturated heterocycles. The van der Waals surface area contributed by atoms with Gasteiger partial charge in [0.25, 0.3) is 5.56 Å². The fraction of sp³-hybridized carbons (Fsp3) is 0.345. The number of halogens is 3. The monoisotopic (exact) mass is 527 g/mol. The van der Waals surface area contributed by atoms with E-state index in [2.05, 4.69) is 0 Å². The van der Waals surface area contributed by atoms with Crippen LogP contribution in [0.2, 0.25) is 0 Å². The maximum Gasteiger partial charge on any atom is 0.346 e. The first-order chi connectivity index (χ1) is 17.9. The molecule has 1 saturated carbocycles. The number of aryl methyl sites for hydroxylation is 1. The number of carbonyl (C=O) groups excluding carboxylic acids is 2. The van der Waals surface area contributed by atoms with E-state index >= 15 is 0 Å². The third-order valence-electron chi connectivity index (χ3n) is 6.23. The summed E-state index contributed by atoms with van der Waals surface area (Å²) in [7, 11) is 0. The molecular weight excluding hydrogens is 499 g/mol. The average Bonchev–Trinajstić information content (AvgIpc) is 2.78. The van der Waals surface area contributed by atoms with Crippen LogP contribution < -0.4 is 10.3 Å². The summed E-state index contributed by atoms with van der Waals surface area (Å²) in [6, 6.07) is 9.82. The molecule has 0 N–H and O–H groups in total. The van der Waals surface area contributed by atoms with Gasteiger partial charge in [-0.05, 0) is 75.8 Å². The lowest BCUT2D eigenvalue weighted by molar-refractivity contribution is -0.154. The predicted octanol–water partition coefficient (Wildman–Crippen LogP) is 6.02. The van der Waals surface area contributed by atoms with Gasteiger partial charge in [-0.1, -0.05) is 18.6 Å². The summed E-state index contributed by atoms with van der Waals surface area (Å²) in [5.74, 6) is -4.78. The first-order valence-electron chi connectivity index (χ1n) is 12.4. The van der Waals surface area contributed by atoms with Gasteiger partial charge >= 0.3 is 11.9 Å². The standard InChI is InChI=1S/C29H28F3NO5/c1-29(2,3)38-26(35)13-11-17-10-12-21(30)20(14-17)28(36)37-19-15-24(18-6-4-7-18)33(25(34)16-19)23-9-5-8-22(31)27(23)32/h5,8-10,12,14-16,18H,4,6-7,11,13H2,1-3H3. The van der Waals surface area contributed by atoms with E-state index in [0.717, 1.165) is 42.0 Å². The molecule has 6 nitrogen and oxygen atoms in total. The lowest BCUT2D eigenvalue weighted by Crippen LogP contribution is -2.27. The van der Waals surface area contributed by atoms with Crippen molar-refractivity contribution in [3.63, 3.8) is 0 Å². The topological polar surface area (TPSA) is 74.6 Å². The van der Waals surface area contributed by atoms with Crippen LogP contribution in [-0.4, -0.2) is 22.1 Å². The molecule has 1 aliphatic carbocycles. The second-order valence-electron chi connectivity index (χ2n) is 10.3. The summed E-state index contributed by atoms with van der Waals surface area (Å²) in [6.45, 7) is 5.25. The van der Waals surface area contributed by atoms with Gasteiger partial charge in [0.15, 0.2) is 11.6 Å². The largest absolute Gasteiger partial charge is 0.460 e. The van der Waals surface area contributed by atoms with Crippen LogP contribution in [-0.2, 0) is 16.0 Å². The van der Waals surface area contributed by atoms with E-state index in [9.17, 15) is 27.6 Å². The van der Waals surface area contributed by atoms with Crippen LogP contribution >= 0.6 is 0 Å². The Kier molecular flexibility index (Phi) is 7.76. The Hall–Kier alpha value is -3.88. The number of ether oxygens (including phenoxy) is 2. The number of aromatic nitrogens is 1. The van der Waals surface area contributed by atoms with E-state index in [1.165, 1.54) is 30.3 Å². The summed E-state index contributed by atoms with van der Waals surface area (Å²) in [5.41, 5.74) is -1.05. The van der Waals surface area contributed by atoms with Crippen molar-refractivity contribution in [2.75, 3.05) is 0 Å². The van der Waals surface area contributed by atoms with E-state index < -0.39 is 40.6 Å². The second kappa shape index (κ2) is 10.8. The molecule has 1 fully saturated rings. The SMILES string of the molecule is CC(C)(C)OC(=O)CCc1ccc(F)c(C(=O)Oc2cc(C3CCC3)n(-c3cccc(F)c3F)c(=O)c2)c1.